The lowest BCUT2D eigenvalue weighted by molar-refractivity contribution is -0.0400. The third-order valence-electron chi connectivity index (χ3n) is 3.11. The predicted octanol–water partition coefficient (Wildman–Crippen LogP) is 2.36. The molecule has 1 aliphatic carbocycles. The fourth-order valence-corrected chi connectivity index (χ4v) is 2.09. The highest BCUT2D eigenvalue weighted by molar-refractivity contribution is 5.98. The maximum atomic E-state index is 13.0. The molecule has 0 amide bonds. The van der Waals surface area contributed by atoms with Crippen molar-refractivity contribution in [3.05, 3.63) is 17.3 Å². The lowest BCUT2D eigenvalue weighted by Gasteiger charge is -2.26. The second-order valence-electron chi connectivity index (χ2n) is 4.47. The Morgan fingerprint density at radius 3 is 2.21 bits per heavy atom. The van der Waals surface area contributed by atoms with E-state index in [4.69, 9.17) is 14.6 Å². The van der Waals surface area contributed by atoms with Gasteiger partial charge in [0.2, 0.25) is 17.4 Å². The van der Waals surface area contributed by atoms with Crippen molar-refractivity contribution in [2.45, 2.75) is 37.5 Å². The number of alkyl halides is 2. The van der Waals surface area contributed by atoms with Crippen molar-refractivity contribution in [1.29, 1.82) is 0 Å². The Morgan fingerprint density at radius 1 is 1.21 bits per heavy atom. The van der Waals surface area contributed by atoms with E-state index in [2.05, 4.69) is 4.98 Å². The molecule has 1 aromatic rings. The van der Waals surface area contributed by atoms with Gasteiger partial charge in [0.25, 0.3) is 0 Å². The summed E-state index contributed by atoms with van der Waals surface area (Å²) in [5.41, 5.74) is -0.695. The molecule has 0 atom stereocenters. The van der Waals surface area contributed by atoms with Gasteiger partial charge in [0.1, 0.15) is 0 Å². The maximum Gasteiger partial charge on any atom is 0.374 e. The second-order valence-corrected chi connectivity index (χ2v) is 4.47. The first-order valence-electron chi connectivity index (χ1n) is 5.65. The number of aromatic carboxylic acids is 2. The van der Waals surface area contributed by atoms with Gasteiger partial charge < -0.3 is 14.6 Å². The zero-order valence-corrected chi connectivity index (χ0v) is 9.73. The van der Waals surface area contributed by atoms with Gasteiger partial charge in [0.05, 0.1) is 0 Å². The van der Waals surface area contributed by atoms with Crippen LogP contribution < -0.4 is 0 Å². The van der Waals surface area contributed by atoms with Crippen LogP contribution in [0.15, 0.2) is 4.42 Å². The summed E-state index contributed by atoms with van der Waals surface area (Å²) < 4.78 is 30.9. The molecular formula is C11H11F2NO5. The van der Waals surface area contributed by atoms with Crippen molar-refractivity contribution in [1.82, 2.24) is 4.98 Å². The number of nitrogens with zero attached hydrogens (tertiary/aromatic N) is 1. The van der Waals surface area contributed by atoms with Crippen LogP contribution in [0, 0.1) is 0 Å². The monoisotopic (exact) mass is 275 g/mol. The number of hydrogen-bond acceptors (Lipinski definition) is 4. The number of carbonyl (C=O) groups is 2. The molecule has 0 unspecified atom stereocenters. The summed E-state index contributed by atoms with van der Waals surface area (Å²) in [6.45, 7) is 0. The summed E-state index contributed by atoms with van der Waals surface area (Å²) in [6.07, 6.45) is -0.507. The molecule has 8 heteroatoms. The number of halogens is 2. The quantitative estimate of drug-likeness (QED) is 0.878. The molecule has 0 aromatic carbocycles. The topological polar surface area (TPSA) is 101 Å². The Hall–Kier alpha value is -1.99. The summed E-state index contributed by atoms with van der Waals surface area (Å²) in [5, 5.41) is 17.6. The maximum absolute atomic E-state index is 13.0. The van der Waals surface area contributed by atoms with Crippen LogP contribution in [0.3, 0.4) is 0 Å². The Balaban J connectivity index is 2.25. The van der Waals surface area contributed by atoms with E-state index >= 15 is 0 Å². The first-order chi connectivity index (χ1) is 8.80. The molecule has 1 aliphatic rings. The summed E-state index contributed by atoms with van der Waals surface area (Å²) in [4.78, 5) is 25.2. The SMILES string of the molecule is O=C(O)c1nc(C2CCC(F)(F)CC2)oc1C(=O)O. The number of oxazole rings is 1. The number of aromatic nitrogens is 1. The Kier molecular flexibility index (Phi) is 3.25. The van der Waals surface area contributed by atoms with E-state index in [1.165, 1.54) is 0 Å². The third kappa shape index (κ3) is 2.72. The zero-order chi connectivity index (χ0) is 14.2. The Labute approximate surface area is 106 Å². The van der Waals surface area contributed by atoms with Crippen molar-refractivity contribution in [2.75, 3.05) is 0 Å². The average Bonchev–Trinajstić information content (AvgIpc) is 2.74. The predicted molar refractivity (Wildman–Crippen MR) is 56.6 cm³/mol. The van der Waals surface area contributed by atoms with Crippen LogP contribution in [0.2, 0.25) is 0 Å². The Morgan fingerprint density at radius 2 is 1.79 bits per heavy atom. The van der Waals surface area contributed by atoms with Crippen molar-refractivity contribution < 1.29 is 33.0 Å². The molecule has 1 heterocycles. The lowest BCUT2D eigenvalue weighted by atomic mass is 9.87. The van der Waals surface area contributed by atoms with E-state index < -0.39 is 35.2 Å². The highest BCUT2D eigenvalue weighted by Gasteiger charge is 2.38. The third-order valence-corrected chi connectivity index (χ3v) is 3.11. The largest absolute Gasteiger partial charge is 0.476 e. The van der Waals surface area contributed by atoms with E-state index in [0.29, 0.717) is 0 Å². The van der Waals surface area contributed by atoms with E-state index in [-0.39, 0.29) is 31.6 Å². The number of hydrogen-bond donors (Lipinski definition) is 2. The van der Waals surface area contributed by atoms with Gasteiger partial charge in [0.15, 0.2) is 5.89 Å². The molecule has 0 spiro atoms. The van der Waals surface area contributed by atoms with Crippen molar-refractivity contribution in [3.63, 3.8) is 0 Å². The molecule has 1 fully saturated rings. The van der Waals surface area contributed by atoms with Gasteiger partial charge in [-0.2, -0.15) is 0 Å². The number of rotatable bonds is 3. The molecule has 0 saturated heterocycles. The van der Waals surface area contributed by atoms with Crippen molar-refractivity contribution >= 4 is 11.9 Å². The minimum atomic E-state index is -2.73. The molecule has 0 bridgehead atoms. The van der Waals surface area contributed by atoms with Crippen LogP contribution in [0.4, 0.5) is 8.78 Å². The van der Waals surface area contributed by atoms with Gasteiger partial charge >= 0.3 is 11.9 Å². The van der Waals surface area contributed by atoms with Gasteiger partial charge in [-0.1, -0.05) is 0 Å². The van der Waals surface area contributed by atoms with E-state index in [1.54, 1.807) is 0 Å². The Bertz CT molecular complexity index is 484. The minimum absolute atomic E-state index is 0.0889. The molecule has 0 radical (unpaired) electrons. The molecule has 1 saturated carbocycles. The van der Waals surface area contributed by atoms with E-state index in [1.807, 2.05) is 0 Å². The van der Waals surface area contributed by atoms with Gasteiger partial charge in [-0.15, -0.1) is 0 Å². The van der Waals surface area contributed by atoms with Crippen LogP contribution in [0.5, 0.6) is 0 Å². The highest BCUT2D eigenvalue weighted by Crippen LogP contribution is 2.40. The van der Waals surface area contributed by atoms with Crippen molar-refractivity contribution in [3.8, 4) is 0 Å². The standard InChI is InChI=1S/C11H11F2NO5/c12-11(13)3-1-5(2-4-11)8-14-6(9(15)16)7(19-8)10(17)18/h5H,1-4H2,(H,15,16)(H,17,18). The normalized spacial score (nSPS) is 19.3. The minimum Gasteiger partial charge on any atom is -0.476 e. The first-order valence-corrected chi connectivity index (χ1v) is 5.65. The fourth-order valence-electron chi connectivity index (χ4n) is 2.09. The first kappa shape index (κ1) is 13.4. The van der Waals surface area contributed by atoms with Crippen molar-refractivity contribution in [2.24, 2.45) is 0 Å². The average molecular weight is 275 g/mol. The van der Waals surface area contributed by atoms with Gasteiger partial charge in [-0.25, -0.2) is 23.4 Å². The molecule has 2 rings (SSSR count). The molecule has 2 N–H and O–H groups in total. The van der Waals surface area contributed by atoms with Crippen LogP contribution in [0.1, 0.15) is 58.5 Å². The molecule has 1 aromatic heterocycles. The van der Waals surface area contributed by atoms with Crippen LogP contribution in [-0.4, -0.2) is 33.1 Å². The number of carboxylic acids is 2. The van der Waals surface area contributed by atoms with Gasteiger partial charge in [-0.3, -0.25) is 0 Å². The molecule has 0 aliphatic heterocycles. The van der Waals surface area contributed by atoms with Gasteiger partial charge in [0, 0.05) is 18.8 Å². The summed E-state index contributed by atoms with van der Waals surface area (Å²) in [6, 6.07) is 0. The summed E-state index contributed by atoms with van der Waals surface area (Å²) >= 11 is 0. The van der Waals surface area contributed by atoms with E-state index in [9.17, 15) is 18.4 Å². The van der Waals surface area contributed by atoms with Gasteiger partial charge in [-0.05, 0) is 12.8 Å². The van der Waals surface area contributed by atoms with E-state index in [0.717, 1.165) is 0 Å². The lowest BCUT2D eigenvalue weighted by Crippen LogP contribution is -2.23. The zero-order valence-electron chi connectivity index (χ0n) is 9.73. The van der Waals surface area contributed by atoms with Crippen LogP contribution >= 0.6 is 0 Å². The summed E-state index contributed by atoms with van der Waals surface area (Å²) in [7, 11) is 0. The van der Waals surface area contributed by atoms with Crippen LogP contribution in [-0.2, 0) is 0 Å². The smallest absolute Gasteiger partial charge is 0.374 e. The fraction of sp³-hybridized carbons (Fsp3) is 0.545. The molecule has 6 nitrogen and oxygen atoms in total. The van der Waals surface area contributed by atoms with Crippen LogP contribution in [0.25, 0.3) is 0 Å². The summed E-state index contributed by atoms with van der Waals surface area (Å²) in [5.74, 6) is -7.12. The molecule has 104 valence electrons. The highest BCUT2D eigenvalue weighted by atomic mass is 19.3. The second kappa shape index (κ2) is 4.60. The molecular weight excluding hydrogens is 264 g/mol. The molecule has 19 heavy (non-hydrogen) atoms. The number of carboxylic acid groups (broad SMARTS) is 2.